The zero-order valence-electron chi connectivity index (χ0n) is 16.8. The first-order valence-corrected chi connectivity index (χ1v) is 9.22. The molecule has 1 N–H and O–H groups in total. The maximum atomic E-state index is 14.0. The van der Waals surface area contributed by atoms with Gasteiger partial charge in [-0.25, -0.2) is 19.8 Å². The molecule has 156 valence electrons. The SMILES string of the molecule is CCOc1ccc(-c2cncc(C(=O)NO[C@H](C)c3cc(OC)ccc3F)n2)cn1. The van der Waals surface area contributed by atoms with E-state index in [1.807, 2.05) is 6.92 Å². The molecule has 0 aliphatic carbocycles. The summed E-state index contributed by atoms with van der Waals surface area (Å²) in [5.41, 5.74) is 3.71. The Balaban J connectivity index is 1.68. The first-order valence-electron chi connectivity index (χ1n) is 9.22. The molecular formula is C21H21FN4O4. The van der Waals surface area contributed by atoms with Crippen LogP contribution < -0.4 is 15.0 Å². The molecule has 2 aromatic heterocycles. The lowest BCUT2D eigenvalue weighted by Gasteiger charge is -2.15. The summed E-state index contributed by atoms with van der Waals surface area (Å²) < 4.78 is 24.4. The lowest BCUT2D eigenvalue weighted by atomic mass is 10.1. The van der Waals surface area contributed by atoms with E-state index in [2.05, 4.69) is 20.4 Å². The van der Waals surface area contributed by atoms with E-state index in [1.54, 1.807) is 25.3 Å². The summed E-state index contributed by atoms with van der Waals surface area (Å²) in [6.45, 7) is 3.99. The number of hydrogen-bond donors (Lipinski definition) is 1. The molecular weight excluding hydrogens is 391 g/mol. The first kappa shape index (κ1) is 21.1. The fourth-order valence-corrected chi connectivity index (χ4v) is 2.60. The van der Waals surface area contributed by atoms with E-state index in [1.165, 1.54) is 37.7 Å². The van der Waals surface area contributed by atoms with Gasteiger partial charge in [-0.05, 0) is 38.1 Å². The van der Waals surface area contributed by atoms with E-state index in [0.717, 1.165) is 0 Å². The average Bonchev–Trinajstić information content (AvgIpc) is 2.78. The van der Waals surface area contributed by atoms with Crippen LogP contribution in [0.2, 0.25) is 0 Å². The van der Waals surface area contributed by atoms with E-state index in [-0.39, 0.29) is 11.3 Å². The molecule has 1 atom stereocenters. The number of nitrogens with zero attached hydrogens (tertiary/aromatic N) is 3. The second kappa shape index (κ2) is 9.75. The number of hydroxylamine groups is 1. The van der Waals surface area contributed by atoms with Gasteiger partial charge in [-0.2, -0.15) is 0 Å². The van der Waals surface area contributed by atoms with Gasteiger partial charge in [-0.1, -0.05) is 0 Å². The number of methoxy groups -OCH3 is 1. The Labute approximate surface area is 173 Å². The molecule has 0 aliphatic heterocycles. The maximum Gasteiger partial charge on any atom is 0.295 e. The van der Waals surface area contributed by atoms with Crippen LogP contribution in [0.1, 0.15) is 36.0 Å². The molecule has 1 amide bonds. The van der Waals surface area contributed by atoms with Crippen molar-refractivity contribution in [1.29, 1.82) is 0 Å². The molecule has 0 saturated heterocycles. The number of amides is 1. The molecule has 2 heterocycles. The number of pyridine rings is 1. The summed E-state index contributed by atoms with van der Waals surface area (Å²) in [5, 5.41) is 0. The number of carbonyl (C=O) groups is 1. The molecule has 0 saturated carbocycles. The topological polar surface area (TPSA) is 95.5 Å². The second-order valence-corrected chi connectivity index (χ2v) is 6.19. The van der Waals surface area contributed by atoms with Crippen molar-refractivity contribution >= 4 is 5.91 Å². The monoisotopic (exact) mass is 412 g/mol. The number of nitrogens with one attached hydrogen (secondary N) is 1. The molecule has 0 bridgehead atoms. The molecule has 1 aromatic carbocycles. The smallest absolute Gasteiger partial charge is 0.295 e. The van der Waals surface area contributed by atoms with Crippen molar-refractivity contribution in [2.45, 2.75) is 20.0 Å². The highest BCUT2D eigenvalue weighted by Gasteiger charge is 2.16. The zero-order valence-corrected chi connectivity index (χ0v) is 16.8. The van der Waals surface area contributed by atoms with E-state index in [9.17, 15) is 9.18 Å². The largest absolute Gasteiger partial charge is 0.497 e. The lowest BCUT2D eigenvalue weighted by Crippen LogP contribution is -2.26. The normalized spacial score (nSPS) is 11.6. The van der Waals surface area contributed by atoms with Crippen LogP contribution in [0.4, 0.5) is 4.39 Å². The number of carbonyl (C=O) groups excluding carboxylic acids is 1. The van der Waals surface area contributed by atoms with Gasteiger partial charge < -0.3 is 9.47 Å². The molecule has 0 spiro atoms. The fourth-order valence-electron chi connectivity index (χ4n) is 2.60. The molecule has 0 radical (unpaired) electrons. The summed E-state index contributed by atoms with van der Waals surface area (Å²) >= 11 is 0. The van der Waals surface area contributed by atoms with Crippen LogP contribution in [0.3, 0.4) is 0 Å². The van der Waals surface area contributed by atoms with Crippen molar-refractivity contribution < 1.29 is 23.5 Å². The number of ether oxygens (including phenoxy) is 2. The Hall–Kier alpha value is -3.59. The molecule has 9 heteroatoms. The van der Waals surface area contributed by atoms with Gasteiger partial charge >= 0.3 is 0 Å². The highest BCUT2D eigenvalue weighted by Crippen LogP contribution is 2.24. The highest BCUT2D eigenvalue weighted by molar-refractivity contribution is 5.91. The van der Waals surface area contributed by atoms with Crippen molar-refractivity contribution in [2.75, 3.05) is 13.7 Å². The Kier molecular flexibility index (Phi) is 6.87. The van der Waals surface area contributed by atoms with Crippen LogP contribution in [0.5, 0.6) is 11.6 Å². The van der Waals surface area contributed by atoms with E-state index < -0.39 is 17.8 Å². The van der Waals surface area contributed by atoms with E-state index in [4.69, 9.17) is 14.3 Å². The van der Waals surface area contributed by atoms with Crippen LogP contribution in [0.15, 0.2) is 48.9 Å². The fraction of sp³-hybridized carbons (Fsp3) is 0.238. The van der Waals surface area contributed by atoms with Crippen LogP contribution in [0.25, 0.3) is 11.3 Å². The number of rotatable bonds is 8. The molecule has 0 unspecified atom stereocenters. The Morgan fingerprint density at radius 1 is 1.20 bits per heavy atom. The van der Waals surface area contributed by atoms with Crippen LogP contribution in [-0.4, -0.2) is 34.6 Å². The van der Waals surface area contributed by atoms with Crippen molar-refractivity contribution in [3.8, 4) is 22.9 Å². The molecule has 8 nitrogen and oxygen atoms in total. The van der Waals surface area contributed by atoms with Gasteiger partial charge in [0.05, 0.1) is 31.8 Å². The van der Waals surface area contributed by atoms with Gasteiger partial charge in [0.1, 0.15) is 23.4 Å². The number of hydrogen-bond acceptors (Lipinski definition) is 7. The second-order valence-electron chi connectivity index (χ2n) is 6.19. The van der Waals surface area contributed by atoms with Crippen molar-refractivity contribution in [2.24, 2.45) is 0 Å². The van der Waals surface area contributed by atoms with Gasteiger partial charge in [0.2, 0.25) is 5.88 Å². The molecule has 30 heavy (non-hydrogen) atoms. The quantitative estimate of drug-likeness (QED) is 0.566. The third-order valence-corrected chi connectivity index (χ3v) is 4.16. The summed E-state index contributed by atoms with van der Waals surface area (Å²) in [5.74, 6) is -0.105. The van der Waals surface area contributed by atoms with Crippen molar-refractivity contribution in [3.05, 3.63) is 66.0 Å². The van der Waals surface area contributed by atoms with E-state index in [0.29, 0.717) is 29.5 Å². The molecule has 0 fully saturated rings. The molecule has 3 aromatic rings. The van der Waals surface area contributed by atoms with Crippen LogP contribution in [0, 0.1) is 5.82 Å². The summed E-state index contributed by atoms with van der Waals surface area (Å²) in [7, 11) is 1.48. The minimum Gasteiger partial charge on any atom is -0.497 e. The Morgan fingerprint density at radius 2 is 2.03 bits per heavy atom. The number of benzene rings is 1. The summed E-state index contributed by atoms with van der Waals surface area (Å²) in [6.07, 6.45) is 3.65. The molecule has 0 aliphatic rings. The summed E-state index contributed by atoms with van der Waals surface area (Å²) in [4.78, 5) is 30.2. The average molecular weight is 412 g/mol. The zero-order chi connectivity index (χ0) is 21.5. The third kappa shape index (κ3) is 5.06. The minimum absolute atomic E-state index is 0.0414. The van der Waals surface area contributed by atoms with Gasteiger partial charge in [0.15, 0.2) is 0 Å². The highest BCUT2D eigenvalue weighted by atomic mass is 19.1. The molecule has 3 rings (SSSR count). The van der Waals surface area contributed by atoms with Gasteiger partial charge in [-0.15, -0.1) is 0 Å². The minimum atomic E-state index is -0.754. The summed E-state index contributed by atoms with van der Waals surface area (Å²) in [6, 6.07) is 7.76. The standard InChI is InChI=1S/C21H21FN4O4/c1-4-29-20-8-5-14(10-24-20)18-11-23-12-19(25-18)21(27)26-30-13(2)16-9-15(28-3)6-7-17(16)22/h5-13H,4H2,1-3H3,(H,26,27)/t13-/m1/s1. The van der Waals surface area contributed by atoms with Gasteiger partial charge in [0.25, 0.3) is 5.91 Å². The predicted molar refractivity (Wildman–Crippen MR) is 106 cm³/mol. The van der Waals surface area contributed by atoms with Gasteiger partial charge in [-0.3, -0.25) is 14.6 Å². The Bertz CT molecular complexity index is 1010. The van der Waals surface area contributed by atoms with Crippen LogP contribution >= 0.6 is 0 Å². The third-order valence-electron chi connectivity index (χ3n) is 4.16. The number of halogens is 1. The Morgan fingerprint density at radius 3 is 2.73 bits per heavy atom. The van der Waals surface area contributed by atoms with Crippen LogP contribution in [-0.2, 0) is 4.84 Å². The van der Waals surface area contributed by atoms with Gasteiger partial charge in [0, 0.05) is 23.4 Å². The van der Waals surface area contributed by atoms with E-state index >= 15 is 0 Å². The van der Waals surface area contributed by atoms with Crippen molar-refractivity contribution in [1.82, 2.24) is 20.4 Å². The number of aromatic nitrogens is 3. The lowest BCUT2D eigenvalue weighted by molar-refractivity contribution is -0.0107. The first-order chi connectivity index (χ1) is 14.5. The maximum absolute atomic E-state index is 14.0. The van der Waals surface area contributed by atoms with Crippen molar-refractivity contribution in [3.63, 3.8) is 0 Å². The predicted octanol–water partition coefficient (Wildman–Crippen LogP) is 3.51.